The molecule has 0 spiro atoms. The van der Waals surface area contributed by atoms with Gasteiger partial charge in [-0.3, -0.25) is 4.79 Å². The maximum Gasteiger partial charge on any atom is 0.240 e. The molecule has 1 aliphatic carbocycles. The van der Waals surface area contributed by atoms with Gasteiger partial charge in [0.15, 0.2) is 0 Å². The van der Waals surface area contributed by atoms with Crippen LogP contribution in [-0.2, 0) is 27.7 Å². The largest absolute Gasteiger partial charge is 0.354 e. The zero-order chi connectivity index (χ0) is 20.0. The van der Waals surface area contributed by atoms with Gasteiger partial charge in [-0.25, -0.2) is 13.1 Å². The van der Waals surface area contributed by atoms with Crippen LogP contribution < -0.4 is 10.0 Å². The molecular formula is C22H28N2O3S. The van der Waals surface area contributed by atoms with Gasteiger partial charge in [0.25, 0.3) is 0 Å². The highest BCUT2D eigenvalue weighted by molar-refractivity contribution is 7.89. The van der Waals surface area contributed by atoms with Gasteiger partial charge in [0.1, 0.15) is 0 Å². The van der Waals surface area contributed by atoms with Crippen molar-refractivity contribution >= 4 is 15.9 Å². The van der Waals surface area contributed by atoms with Crippen molar-refractivity contribution in [1.82, 2.24) is 10.0 Å². The number of carbonyl (C=O) groups excluding carboxylic acids is 1. The monoisotopic (exact) mass is 400 g/mol. The predicted molar refractivity (Wildman–Crippen MR) is 110 cm³/mol. The van der Waals surface area contributed by atoms with Crippen LogP contribution in [0.4, 0.5) is 0 Å². The molecule has 1 amide bonds. The number of hydrogen-bond acceptors (Lipinski definition) is 3. The van der Waals surface area contributed by atoms with Gasteiger partial charge in [0, 0.05) is 18.5 Å². The molecule has 0 bridgehead atoms. The number of hydrogen-bond donors (Lipinski definition) is 2. The molecule has 0 radical (unpaired) electrons. The van der Waals surface area contributed by atoms with Gasteiger partial charge in [-0.2, -0.15) is 0 Å². The van der Waals surface area contributed by atoms with E-state index in [1.807, 2.05) is 25.1 Å². The van der Waals surface area contributed by atoms with Crippen molar-refractivity contribution in [3.63, 3.8) is 0 Å². The summed E-state index contributed by atoms with van der Waals surface area (Å²) in [4.78, 5) is 12.5. The Bertz CT molecular complexity index is 876. The summed E-state index contributed by atoms with van der Waals surface area (Å²) < 4.78 is 27.0. The summed E-state index contributed by atoms with van der Waals surface area (Å²) in [5, 5.41) is 3.04. The van der Waals surface area contributed by atoms with Crippen LogP contribution in [0.15, 0.2) is 59.5 Å². The Hall–Kier alpha value is -2.18. The SMILES string of the molecule is C[C@H](CCc1ccccc1)NC(=O)CCc1ccc(S(=O)(=O)NC2CC2)cc1. The molecule has 2 N–H and O–H groups in total. The third-order valence-corrected chi connectivity index (χ3v) is 6.43. The zero-order valence-electron chi connectivity index (χ0n) is 16.2. The highest BCUT2D eigenvalue weighted by Gasteiger charge is 2.27. The van der Waals surface area contributed by atoms with E-state index < -0.39 is 10.0 Å². The molecule has 0 unspecified atom stereocenters. The lowest BCUT2D eigenvalue weighted by Gasteiger charge is -2.14. The van der Waals surface area contributed by atoms with Gasteiger partial charge in [0.05, 0.1) is 4.90 Å². The Morgan fingerprint density at radius 3 is 2.29 bits per heavy atom. The Kier molecular flexibility index (Phi) is 6.86. The first-order valence-corrected chi connectivity index (χ1v) is 11.4. The van der Waals surface area contributed by atoms with Gasteiger partial charge in [-0.15, -0.1) is 0 Å². The van der Waals surface area contributed by atoms with E-state index in [9.17, 15) is 13.2 Å². The van der Waals surface area contributed by atoms with Gasteiger partial charge >= 0.3 is 0 Å². The molecule has 0 heterocycles. The van der Waals surface area contributed by atoms with Crippen LogP contribution in [0, 0.1) is 0 Å². The number of rotatable bonds is 10. The molecule has 0 aliphatic heterocycles. The lowest BCUT2D eigenvalue weighted by atomic mass is 10.1. The first-order chi connectivity index (χ1) is 13.4. The normalized spacial score (nSPS) is 15.2. The Morgan fingerprint density at radius 1 is 1.00 bits per heavy atom. The highest BCUT2D eigenvalue weighted by Crippen LogP contribution is 2.22. The van der Waals surface area contributed by atoms with Crippen LogP contribution in [0.3, 0.4) is 0 Å². The molecule has 2 aromatic rings. The number of carbonyl (C=O) groups is 1. The Morgan fingerprint density at radius 2 is 1.64 bits per heavy atom. The fraction of sp³-hybridized carbons (Fsp3) is 0.409. The highest BCUT2D eigenvalue weighted by atomic mass is 32.2. The maximum absolute atomic E-state index is 12.2. The first kappa shape index (κ1) is 20.6. The van der Waals surface area contributed by atoms with Crippen LogP contribution in [0.1, 0.15) is 43.7 Å². The van der Waals surface area contributed by atoms with Crippen molar-refractivity contribution in [1.29, 1.82) is 0 Å². The molecule has 150 valence electrons. The summed E-state index contributed by atoms with van der Waals surface area (Å²) in [5.74, 6) is 0.0210. The summed E-state index contributed by atoms with van der Waals surface area (Å²) in [7, 11) is -3.42. The standard InChI is InChI=1S/C22H28N2O3S/c1-17(7-8-18-5-3-2-4-6-18)23-22(25)16-11-19-9-14-21(15-10-19)28(26,27)24-20-12-13-20/h2-6,9-10,14-15,17,20,24H,7-8,11-13,16H2,1H3,(H,23,25)/t17-/m1/s1. The van der Waals surface area contributed by atoms with Crippen LogP contribution in [0.25, 0.3) is 0 Å². The first-order valence-electron chi connectivity index (χ1n) is 9.87. The molecule has 6 heteroatoms. The lowest BCUT2D eigenvalue weighted by molar-refractivity contribution is -0.121. The minimum atomic E-state index is -3.42. The Balaban J connectivity index is 1.41. The summed E-state index contributed by atoms with van der Waals surface area (Å²) in [6, 6.07) is 17.2. The van der Waals surface area contributed by atoms with Crippen LogP contribution in [-0.4, -0.2) is 26.4 Å². The molecule has 3 rings (SSSR count). The quantitative estimate of drug-likeness (QED) is 0.643. The van der Waals surface area contributed by atoms with E-state index in [1.165, 1.54) is 5.56 Å². The molecule has 0 aromatic heterocycles. The zero-order valence-corrected chi connectivity index (χ0v) is 17.0. The van der Waals surface area contributed by atoms with E-state index in [0.717, 1.165) is 31.2 Å². The molecule has 1 fully saturated rings. The van der Waals surface area contributed by atoms with Crippen molar-refractivity contribution in [2.75, 3.05) is 0 Å². The molecule has 1 atom stereocenters. The number of nitrogens with one attached hydrogen (secondary N) is 2. The molecule has 0 saturated heterocycles. The van der Waals surface area contributed by atoms with Crippen LogP contribution in [0.5, 0.6) is 0 Å². The molecule has 2 aromatic carbocycles. The second-order valence-corrected chi connectivity index (χ2v) is 9.25. The fourth-order valence-electron chi connectivity index (χ4n) is 3.03. The van der Waals surface area contributed by atoms with E-state index >= 15 is 0 Å². The molecule has 5 nitrogen and oxygen atoms in total. The third kappa shape index (κ3) is 6.46. The maximum atomic E-state index is 12.2. The molecule has 1 saturated carbocycles. The van der Waals surface area contributed by atoms with Crippen LogP contribution in [0.2, 0.25) is 0 Å². The topological polar surface area (TPSA) is 75.3 Å². The smallest absolute Gasteiger partial charge is 0.240 e. The van der Waals surface area contributed by atoms with Gasteiger partial charge in [-0.1, -0.05) is 42.5 Å². The van der Waals surface area contributed by atoms with Crippen molar-refractivity contribution in [2.45, 2.75) is 62.4 Å². The second kappa shape index (κ2) is 9.34. The minimum Gasteiger partial charge on any atom is -0.354 e. The number of aryl methyl sites for hydroxylation is 2. The number of sulfonamides is 1. The van der Waals surface area contributed by atoms with Gasteiger partial charge < -0.3 is 5.32 Å². The van der Waals surface area contributed by atoms with Crippen molar-refractivity contribution in [2.24, 2.45) is 0 Å². The average Bonchev–Trinajstić information content (AvgIpc) is 3.49. The summed E-state index contributed by atoms with van der Waals surface area (Å²) >= 11 is 0. The Labute approximate surface area is 167 Å². The number of amides is 1. The van der Waals surface area contributed by atoms with E-state index in [4.69, 9.17) is 0 Å². The summed E-state index contributed by atoms with van der Waals surface area (Å²) in [6.07, 6.45) is 4.64. The van der Waals surface area contributed by atoms with E-state index in [0.29, 0.717) is 12.8 Å². The average molecular weight is 401 g/mol. The molecule has 1 aliphatic rings. The lowest BCUT2D eigenvalue weighted by Crippen LogP contribution is -2.33. The van der Waals surface area contributed by atoms with Crippen molar-refractivity contribution < 1.29 is 13.2 Å². The second-order valence-electron chi connectivity index (χ2n) is 7.53. The number of benzene rings is 2. The predicted octanol–water partition coefficient (Wildman–Crippen LogP) is 3.20. The summed E-state index contributed by atoms with van der Waals surface area (Å²) in [6.45, 7) is 2.02. The van der Waals surface area contributed by atoms with Crippen LogP contribution >= 0.6 is 0 Å². The van der Waals surface area contributed by atoms with Crippen molar-refractivity contribution in [3.05, 3.63) is 65.7 Å². The van der Waals surface area contributed by atoms with E-state index in [-0.39, 0.29) is 22.9 Å². The minimum absolute atomic E-state index is 0.0210. The van der Waals surface area contributed by atoms with Gasteiger partial charge in [0.2, 0.25) is 15.9 Å². The third-order valence-electron chi connectivity index (χ3n) is 4.89. The van der Waals surface area contributed by atoms with Crippen molar-refractivity contribution in [3.8, 4) is 0 Å². The van der Waals surface area contributed by atoms with E-state index in [2.05, 4.69) is 22.2 Å². The van der Waals surface area contributed by atoms with Gasteiger partial charge in [-0.05, 0) is 62.3 Å². The summed E-state index contributed by atoms with van der Waals surface area (Å²) in [5.41, 5.74) is 2.23. The fourth-order valence-corrected chi connectivity index (χ4v) is 4.33. The van der Waals surface area contributed by atoms with E-state index in [1.54, 1.807) is 24.3 Å². The molecular weight excluding hydrogens is 372 g/mol. The molecule has 28 heavy (non-hydrogen) atoms.